The van der Waals surface area contributed by atoms with E-state index < -0.39 is 40.4 Å². The van der Waals surface area contributed by atoms with E-state index in [9.17, 15) is 22.0 Å². The Morgan fingerprint density at radius 1 is 1.41 bits per heavy atom. The summed E-state index contributed by atoms with van der Waals surface area (Å²) in [5, 5.41) is 8.35. The van der Waals surface area contributed by atoms with Crippen LogP contribution in [0.5, 0.6) is 0 Å². The predicted octanol–water partition coefficient (Wildman–Crippen LogP) is 3.87. The molecule has 0 atom stereocenters. The summed E-state index contributed by atoms with van der Waals surface area (Å²) in [4.78, 5) is 3.19. The third-order valence-electron chi connectivity index (χ3n) is 1.84. The first kappa shape index (κ1) is 13.8. The molecule has 0 radical (unpaired) electrons. The maximum atomic E-state index is 12.5. The lowest BCUT2D eigenvalue weighted by Crippen LogP contribution is -2.12. The summed E-state index contributed by atoms with van der Waals surface area (Å²) >= 11 is 2.60. The van der Waals surface area contributed by atoms with Crippen LogP contribution in [0.2, 0.25) is 0 Å². The Balaban J connectivity index is 3.42. The van der Waals surface area contributed by atoms with Crippen molar-refractivity contribution in [3.8, 4) is 6.07 Å². The van der Waals surface area contributed by atoms with Gasteiger partial charge in [-0.3, -0.25) is 0 Å². The van der Waals surface area contributed by atoms with E-state index in [0.29, 0.717) is 6.07 Å². The van der Waals surface area contributed by atoms with E-state index >= 15 is 0 Å². The molecule has 0 aliphatic heterocycles. The van der Waals surface area contributed by atoms with Crippen molar-refractivity contribution in [3.63, 3.8) is 0 Å². The number of hydrogen-bond acceptors (Lipinski definition) is 2. The Bertz CT molecular complexity index is 464. The number of nitrogens with zero attached hydrogens (tertiary/aromatic N) is 2. The van der Waals surface area contributed by atoms with Crippen molar-refractivity contribution in [2.45, 2.75) is 19.0 Å². The molecule has 1 aromatic rings. The summed E-state index contributed by atoms with van der Waals surface area (Å²) in [6, 6.07) is 1.97. The molecule has 0 aliphatic rings. The molecule has 0 amide bonds. The molecule has 1 heterocycles. The minimum Gasteiger partial charge on any atom is -0.249 e. The van der Waals surface area contributed by atoms with Crippen LogP contribution in [0, 0.1) is 11.3 Å². The van der Waals surface area contributed by atoms with Crippen LogP contribution >= 0.6 is 15.9 Å². The monoisotopic (exact) mass is 314 g/mol. The predicted molar refractivity (Wildman–Crippen MR) is 51.2 cm³/mol. The lowest BCUT2D eigenvalue weighted by atomic mass is 10.1. The maximum Gasteiger partial charge on any atom is 0.418 e. The summed E-state index contributed by atoms with van der Waals surface area (Å²) in [6.45, 7) is 0. The molecular weight excluding hydrogens is 311 g/mol. The van der Waals surface area contributed by atoms with Crippen LogP contribution in [-0.2, 0) is 12.6 Å². The Morgan fingerprint density at radius 3 is 2.41 bits per heavy atom. The van der Waals surface area contributed by atoms with Gasteiger partial charge in [0.05, 0.1) is 23.7 Å². The number of alkyl halides is 5. The summed E-state index contributed by atoms with van der Waals surface area (Å²) < 4.78 is 62.0. The van der Waals surface area contributed by atoms with Crippen molar-refractivity contribution in [1.82, 2.24) is 4.98 Å². The molecule has 0 aliphatic carbocycles. The molecule has 0 bridgehead atoms. The quantitative estimate of drug-likeness (QED) is 0.777. The number of pyridine rings is 1. The number of halogens is 6. The number of aromatic nitrogens is 1. The van der Waals surface area contributed by atoms with Gasteiger partial charge in [-0.05, 0) is 22.0 Å². The maximum absolute atomic E-state index is 12.5. The van der Waals surface area contributed by atoms with Gasteiger partial charge in [-0.2, -0.15) is 18.4 Å². The fourth-order valence-corrected chi connectivity index (χ4v) is 1.64. The van der Waals surface area contributed by atoms with Gasteiger partial charge >= 0.3 is 6.18 Å². The fourth-order valence-electron chi connectivity index (χ4n) is 1.15. The van der Waals surface area contributed by atoms with Crippen molar-refractivity contribution in [2.75, 3.05) is 0 Å². The van der Waals surface area contributed by atoms with Crippen LogP contribution in [0.3, 0.4) is 0 Å². The first-order valence-electron chi connectivity index (χ1n) is 4.19. The van der Waals surface area contributed by atoms with Gasteiger partial charge in [0.2, 0.25) is 0 Å². The van der Waals surface area contributed by atoms with Gasteiger partial charge < -0.3 is 0 Å². The number of hydrogen-bond donors (Lipinski definition) is 0. The Hall–Kier alpha value is -1.23. The third-order valence-corrected chi connectivity index (χ3v) is 2.48. The number of rotatable bonds is 2. The smallest absolute Gasteiger partial charge is 0.249 e. The van der Waals surface area contributed by atoms with Crippen LogP contribution in [-0.4, -0.2) is 4.98 Å². The van der Waals surface area contributed by atoms with E-state index in [1.54, 1.807) is 0 Å². The zero-order valence-electron chi connectivity index (χ0n) is 8.02. The summed E-state index contributed by atoms with van der Waals surface area (Å²) in [6.07, 6.45) is -8.42. The zero-order valence-corrected chi connectivity index (χ0v) is 9.61. The van der Waals surface area contributed by atoms with E-state index in [0.717, 1.165) is 0 Å². The molecule has 17 heavy (non-hydrogen) atoms. The lowest BCUT2D eigenvalue weighted by molar-refractivity contribution is -0.138. The highest BCUT2D eigenvalue weighted by Crippen LogP contribution is 2.36. The first-order chi connectivity index (χ1) is 7.77. The highest BCUT2D eigenvalue weighted by atomic mass is 79.9. The molecule has 1 rings (SSSR count). The normalized spacial score (nSPS) is 11.6. The minimum absolute atomic E-state index is 0.429. The van der Waals surface area contributed by atoms with Crippen molar-refractivity contribution in [3.05, 3.63) is 27.5 Å². The lowest BCUT2D eigenvalue weighted by Gasteiger charge is -2.13. The van der Waals surface area contributed by atoms with Crippen molar-refractivity contribution >= 4 is 15.9 Å². The highest BCUT2D eigenvalue weighted by Gasteiger charge is 2.35. The van der Waals surface area contributed by atoms with E-state index in [2.05, 4.69) is 20.9 Å². The average Bonchev–Trinajstić information content (AvgIpc) is 2.18. The summed E-state index contributed by atoms with van der Waals surface area (Å²) in [5.74, 6) is 0. The van der Waals surface area contributed by atoms with Gasteiger partial charge in [0.25, 0.3) is 6.43 Å². The van der Waals surface area contributed by atoms with Gasteiger partial charge in [0, 0.05) is 4.47 Å². The van der Waals surface area contributed by atoms with Crippen molar-refractivity contribution < 1.29 is 22.0 Å². The molecular formula is C9H4BrF5N2. The third kappa shape index (κ3) is 3.12. The second-order valence-electron chi connectivity index (χ2n) is 2.98. The second kappa shape index (κ2) is 4.96. The summed E-state index contributed by atoms with van der Waals surface area (Å²) in [7, 11) is 0. The molecule has 0 N–H and O–H groups in total. The molecule has 0 aromatic carbocycles. The zero-order chi connectivity index (χ0) is 13.2. The fraction of sp³-hybridized carbons (Fsp3) is 0.333. The Morgan fingerprint density at radius 2 is 2.00 bits per heavy atom. The molecule has 0 spiro atoms. The molecule has 0 saturated heterocycles. The van der Waals surface area contributed by atoms with E-state index in [-0.39, 0.29) is 0 Å². The summed E-state index contributed by atoms with van der Waals surface area (Å²) in [5.41, 5.74) is -2.68. The van der Waals surface area contributed by atoms with E-state index in [1.807, 2.05) is 0 Å². The molecule has 0 unspecified atom stereocenters. The first-order valence-corrected chi connectivity index (χ1v) is 4.98. The van der Waals surface area contributed by atoms with E-state index in [1.165, 1.54) is 6.07 Å². The van der Waals surface area contributed by atoms with Gasteiger partial charge in [-0.15, -0.1) is 0 Å². The molecule has 1 aromatic heterocycles. The van der Waals surface area contributed by atoms with Crippen LogP contribution in [0.25, 0.3) is 0 Å². The topological polar surface area (TPSA) is 36.7 Å². The molecule has 92 valence electrons. The standard InChI is InChI=1S/C9H4BrF5N2/c10-5-3-4(9(13,14)15)6(1-2-16)17-7(5)8(11)12/h3,8H,1H2. The average molecular weight is 315 g/mol. The van der Waals surface area contributed by atoms with Crippen LogP contribution in [0.1, 0.15) is 23.4 Å². The van der Waals surface area contributed by atoms with Gasteiger partial charge in [0.1, 0.15) is 5.69 Å². The van der Waals surface area contributed by atoms with Crippen LogP contribution in [0.4, 0.5) is 22.0 Å². The van der Waals surface area contributed by atoms with Crippen molar-refractivity contribution in [1.29, 1.82) is 5.26 Å². The van der Waals surface area contributed by atoms with Gasteiger partial charge in [0.15, 0.2) is 0 Å². The molecule has 0 saturated carbocycles. The van der Waals surface area contributed by atoms with E-state index in [4.69, 9.17) is 5.26 Å². The number of nitriles is 1. The van der Waals surface area contributed by atoms with Gasteiger partial charge in [-0.25, -0.2) is 13.8 Å². The molecule has 2 nitrogen and oxygen atoms in total. The Labute approximate surface area is 101 Å². The van der Waals surface area contributed by atoms with Gasteiger partial charge in [-0.1, -0.05) is 0 Å². The van der Waals surface area contributed by atoms with Crippen molar-refractivity contribution in [2.24, 2.45) is 0 Å². The van der Waals surface area contributed by atoms with Crippen LogP contribution < -0.4 is 0 Å². The van der Waals surface area contributed by atoms with Crippen LogP contribution in [0.15, 0.2) is 10.5 Å². The Kier molecular flexibility index (Phi) is 4.03. The minimum atomic E-state index is -4.73. The highest BCUT2D eigenvalue weighted by molar-refractivity contribution is 9.10. The SMILES string of the molecule is N#CCc1nc(C(F)F)c(Br)cc1C(F)(F)F. The largest absolute Gasteiger partial charge is 0.418 e. The molecule has 0 fully saturated rings. The molecule has 8 heteroatoms. The second-order valence-corrected chi connectivity index (χ2v) is 3.84.